The van der Waals surface area contributed by atoms with Crippen molar-refractivity contribution in [2.24, 2.45) is 0 Å². The van der Waals surface area contributed by atoms with E-state index in [-0.39, 0.29) is 18.0 Å². The number of piperazine rings is 1. The molecule has 2 heterocycles. The molecule has 28 heavy (non-hydrogen) atoms. The molecule has 2 amide bonds. The van der Waals surface area contributed by atoms with Crippen LogP contribution in [0.3, 0.4) is 0 Å². The zero-order valence-electron chi connectivity index (χ0n) is 17.6. The van der Waals surface area contributed by atoms with Crippen molar-refractivity contribution in [2.45, 2.75) is 58.7 Å². The second-order valence-corrected chi connectivity index (χ2v) is 8.92. The maximum absolute atomic E-state index is 13.0. The molecule has 6 nitrogen and oxygen atoms in total. The van der Waals surface area contributed by atoms with Gasteiger partial charge in [0.25, 0.3) is 0 Å². The van der Waals surface area contributed by atoms with Gasteiger partial charge in [-0.1, -0.05) is 29.8 Å². The molecule has 6 heteroatoms. The van der Waals surface area contributed by atoms with Gasteiger partial charge < -0.3 is 9.64 Å². The molecular weight excluding hydrogens is 354 g/mol. The molecule has 2 fully saturated rings. The Balaban J connectivity index is 1.53. The Hall–Kier alpha value is -2.08. The molecule has 3 rings (SSSR count). The van der Waals surface area contributed by atoms with Gasteiger partial charge in [-0.2, -0.15) is 0 Å². The highest BCUT2D eigenvalue weighted by Crippen LogP contribution is 2.23. The van der Waals surface area contributed by atoms with Crippen LogP contribution in [-0.2, 0) is 16.1 Å². The van der Waals surface area contributed by atoms with Crippen LogP contribution in [0.15, 0.2) is 24.3 Å². The SMILES string of the molecule is Cc1cccc(CN2CCN(C(=O)C3CCCN3C(=O)OC(C)(C)C)CC2)c1. The molecule has 0 aromatic heterocycles. The van der Waals surface area contributed by atoms with Crippen LogP contribution in [0.4, 0.5) is 4.79 Å². The van der Waals surface area contributed by atoms with Crippen LogP contribution in [0.25, 0.3) is 0 Å². The van der Waals surface area contributed by atoms with E-state index in [0.717, 1.165) is 32.5 Å². The number of amides is 2. The zero-order valence-corrected chi connectivity index (χ0v) is 17.6. The molecule has 1 atom stereocenters. The maximum Gasteiger partial charge on any atom is 0.410 e. The average molecular weight is 388 g/mol. The number of hydrogen-bond acceptors (Lipinski definition) is 4. The quantitative estimate of drug-likeness (QED) is 0.800. The van der Waals surface area contributed by atoms with E-state index in [2.05, 4.69) is 36.1 Å². The van der Waals surface area contributed by atoms with E-state index in [1.165, 1.54) is 11.1 Å². The Kier molecular flexibility index (Phi) is 6.28. The van der Waals surface area contributed by atoms with Crippen molar-refractivity contribution >= 4 is 12.0 Å². The van der Waals surface area contributed by atoms with Gasteiger partial charge in [-0.25, -0.2) is 4.79 Å². The van der Waals surface area contributed by atoms with E-state index in [4.69, 9.17) is 4.74 Å². The lowest BCUT2D eigenvalue weighted by atomic mass is 10.1. The van der Waals surface area contributed by atoms with Gasteiger partial charge in [0, 0.05) is 39.3 Å². The van der Waals surface area contributed by atoms with Gasteiger partial charge in [0.2, 0.25) is 5.91 Å². The molecule has 0 aliphatic carbocycles. The Morgan fingerprint density at radius 1 is 1.11 bits per heavy atom. The van der Waals surface area contributed by atoms with Gasteiger partial charge in [-0.15, -0.1) is 0 Å². The molecule has 2 saturated heterocycles. The van der Waals surface area contributed by atoms with Crippen molar-refractivity contribution in [1.82, 2.24) is 14.7 Å². The van der Waals surface area contributed by atoms with Gasteiger partial charge in [0.05, 0.1) is 0 Å². The monoisotopic (exact) mass is 387 g/mol. The topological polar surface area (TPSA) is 53.1 Å². The Labute approximate surface area is 168 Å². The van der Waals surface area contributed by atoms with Gasteiger partial charge in [0.1, 0.15) is 11.6 Å². The molecule has 1 aromatic carbocycles. The van der Waals surface area contributed by atoms with Crippen molar-refractivity contribution in [3.63, 3.8) is 0 Å². The molecule has 0 N–H and O–H groups in total. The Bertz CT molecular complexity index is 705. The first-order chi connectivity index (χ1) is 13.2. The molecule has 1 unspecified atom stereocenters. The van der Waals surface area contributed by atoms with E-state index in [1.807, 2.05) is 25.7 Å². The summed E-state index contributed by atoms with van der Waals surface area (Å²) in [4.78, 5) is 31.4. The number of rotatable bonds is 3. The average Bonchev–Trinajstić information content (AvgIpc) is 3.10. The van der Waals surface area contributed by atoms with E-state index >= 15 is 0 Å². The van der Waals surface area contributed by atoms with Crippen LogP contribution >= 0.6 is 0 Å². The fourth-order valence-corrected chi connectivity index (χ4v) is 3.97. The highest BCUT2D eigenvalue weighted by atomic mass is 16.6. The molecule has 0 radical (unpaired) electrons. The van der Waals surface area contributed by atoms with E-state index in [1.54, 1.807) is 4.90 Å². The molecular formula is C22H33N3O3. The minimum atomic E-state index is -0.547. The van der Waals surface area contributed by atoms with E-state index < -0.39 is 5.60 Å². The number of hydrogen-bond donors (Lipinski definition) is 0. The number of benzene rings is 1. The van der Waals surface area contributed by atoms with Crippen LogP contribution < -0.4 is 0 Å². The smallest absolute Gasteiger partial charge is 0.410 e. The lowest BCUT2D eigenvalue weighted by Gasteiger charge is -2.37. The number of nitrogens with zero attached hydrogens (tertiary/aromatic N) is 3. The summed E-state index contributed by atoms with van der Waals surface area (Å²) >= 11 is 0. The predicted molar refractivity (Wildman–Crippen MR) is 109 cm³/mol. The zero-order chi connectivity index (χ0) is 20.3. The summed E-state index contributed by atoms with van der Waals surface area (Å²) in [6.07, 6.45) is 1.20. The molecule has 0 bridgehead atoms. The van der Waals surface area contributed by atoms with Crippen molar-refractivity contribution in [3.05, 3.63) is 35.4 Å². The van der Waals surface area contributed by atoms with Crippen LogP contribution in [0, 0.1) is 6.92 Å². The highest BCUT2D eigenvalue weighted by molar-refractivity contribution is 5.86. The first kappa shape index (κ1) is 20.6. The van der Waals surface area contributed by atoms with Gasteiger partial charge in [0.15, 0.2) is 0 Å². The number of ether oxygens (including phenoxy) is 1. The van der Waals surface area contributed by atoms with E-state index in [9.17, 15) is 9.59 Å². The van der Waals surface area contributed by atoms with Crippen LogP contribution in [0.1, 0.15) is 44.7 Å². The lowest BCUT2D eigenvalue weighted by Crippen LogP contribution is -2.54. The molecule has 0 spiro atoms. The number of carbonyl (C=O) groups is 2. The molecule has 0 saturated carbocycles. The summed E-state index contributed by atoms with van der Waals surface area (Å²) in [5, 5.41) is 0. The first-order valence-electron chi connectivity index (χ1n) is 10.3. The highest BCUT2D eigenvalue weighted by Gasteiger charge is 2.39. The third-order valence-corrected chi connectivity index (χ3v) is 5.34. The maximum atomic E-state index is 13.0. The minimum Gasteiger partial charge on any atom is -0.444 e. The third-order valence-electron chi connectivity index (χ3n) is 5.34. The number of aryl methyl sites for hydroxylation is 1. The predicted octanol–water partition coefficient (Wildman–Crippen LogP) is 3.04. The summed E-state index contributed by atoms with van der Waals surface area (Å²) < 4.78 is 5.49. The van der Waals surface area contributed by atoms with Crippen molar-refractivity contribution < 1.29 is 14.3 Å². The molecule has 1 aromatic rings. The van der Waals surface area contributed by atoms with Crippen LogP contribution in [0.5, 0.6) is 0 Å². The van der Waals surface area contributed by atoms with Gasteiger partial charge in [-0.3, -0.25) is 14.6 Å². The molecule has 2 aliphatic rings. The van der Waals surface area contributed by atoms with Crippen LogP contribution in [0.2, 0.25) is 0 Å². The number of carbonyl (C=O) groups excluding carboxylic acids is 2. The summed E-state index contributed by atoms with van der Waals surface area (Å²) in [5.41, 5.74) is 2.04. The fraction of sp³-hybridized carbons (Fsp3) is 0.636. The first-order valence-corrected chi connectivity index (χ1v) is 10.3. The Morgan fingerprint density at radius 3 is 2.46 bits per heavy atom. The second-order valence-electron chi connectivity index (χ2n) is 8.92. The Morgan fingerprint density at radius 2 is 1.82 bits per heavy atom. The second kappa shape index (κ2) is 8.52. The number of likely N-dealkylation sites (tertiary alicyclic amines) is 1. The normalized spacial score (nSPS) is 21.1. The summed E-state index contributed by atoms with van der Waals surface area (Å²) in [6, 6.07) is 8.20. The summed E-state index contributed by atoms with van der Waals surface area (Å²) in [5.74, 6) is 0.0681. The van der Waals surface area contributed by atoms with Crippen molar-refractivity contribution in [2.75, 3.05) is 32.7 Å². The largest absolute Gasteiger partial charge is 0.444 e. The standard InChI is InChI=1S/C22H33N3O3/c1-17-7-5-8-18(15-17)16-23-11-13-24(14-12-23)20(26)19-9-6-10-25(19)21(27)28-22(2,3)4/h5,7-8,15,19H,6,9-14,16H2,1-4H3. The van der Waals surface area contributed by atoms with Crippen molar-refractivity contribution in [1.29, 1.82) is 0 Å². The van der Waals surface area contributed by atoms with Crippen LogP contribution in [-0.4, -0.2) is 71.1 Å². The summed E-state index contributed by atoms with van der Waals surface area (Å²) in [6.45, 7) is 12.3. The van der Waals surface area contributed by atoms with Crippen molar-refractivity contribution in [3.8, 4) is 0 Å². The third kappa shape index (κ3) is 5.25. The van der Waals surface area contributed by atoms with Gasteiger partial charge in [-0.05, 0) is 46.1 Å². The molecule has 2 aliphatic heterocycles. The van der Waals surface area contributed by atoms with E-state index in [0.29, 0.717) is 19.6 Å². The van der Waals surface area contributed by atoms with Gasteiger partial charge >= 0.3 is 6.09 Å². The minimum absolute atomic E-state index is 0.0681. The summed E-state index contributed by atoms with van der Waals surface area (Å²) in [7, 11) is 0. The lowest BCUT2D eigenvalue weighted by molar-refractivity contribution is -0.137. The molecule has 154 valence electrons. The fourth-order valence-electron chi connectivity index (χ4n) is 3.97.